The molecule has 1 aliphatic heterocycles. The van der Waals surface area contributed by atoms with Crippen molar-refractivity contribution in [3.8, 4) is 5.75 Å². The molecule has 0 atom stereocenters. The van der Waals surface area contributed by atoms with E-state index in [1.165, 1.54) is 0 Å². The van der Waals surface area contributed by atoms with Crippen LogP contribution in [0.3, 0.4) is 0 Å². The van der Waals surface area contributed by atoms with Crippen molar-refractivity contribution in [1.29, 1.82) is 0 Å². The van der Waals surface area contributed by atoms with Gasteiger partial charge in [0.05, 0.1) is 12.8 Å². The molecule has 0 spiro atoms. The van der Waals surface area contributed by atoms with Gasteiger partial charge in [-0.3, -0.25) is 4.79 Å². The zero-order chi connectivity index (χ0) is 19.9. The van der Waals surface area contributed by atoms with Crippen LogP contribution in [0.1, 0.15) is 33.6 Å². The summed E-state index contributed by atoms with van der Waals surface area (Å²) in [7, 11) is 1.67. The second-order valence-corrected chi connectivity index (χ2v) is 7.57. The topological polar surface area (TPSA) is 71.1 Å². The van der Waals surface area contributed by atoms with Crippen LogP contribution in [0.2, 0.25) is 0 Å². The van der Waals surface area contributed by atoms with Crippen molar-refractivity contribution in [3.63, 3.8) is 0 Å². The summed E-state index contributed by atoms with van der Waals surface area (Å²) < 4.78 is 10.6. The Balaban J connectivity index is 1.70. The zero-order valence-electron chi connectivity index (χ0n) is 16.8. The molecule has 0 saturated carbocycles. The molecular formula is C20H31N3O4. The average Bonchev–Trinajstić information content (AvgIpc) is 2.63. The highest BCUT2D eigenvalue weighted by molar-refractivity contribution is 5.76. The Morgan fingerprint density at radius 3 is 2.41 bits per heavy atom. The molecular weight excluding hydrogens is 346 g/mol. The Morgan fingerprint density at radius 2 is 1.78 bits per heavy atom. The van der Waals surface area contributed by atoms with Crippen LogP contribution in [0.15, 0.2) is 24.3 Å². The lowest BCUT2D eigenvalue weighted by Gasteiger charge is -2.36. The number of alkyl carbamates (subject to hydrolysis) is 1. The fraction of sp³-hybridized carbons (Fsp3) is 0.600. The lowest BCUT2D eigenvalue weighted by Crippen LogP contribution is -2.49. The number of hydrogen-bond donors (Lipinski definition) is 1. The molecule has 150 valence electrons. The molecule has 7 nitrogen and oxygen atoms in total. The average molecular weight is 377 g/mol. The summed E-state index contributed by atoms with van der Waals surface area (Å²) >= 11 is 0. The SMILES string of the molecule is COc1ccccc1N1CCN(C(=O)CCCNC(=O)OC(C)(C)C)CC1. The molecule has 1 heterocycles. The lowest BCUT2D eigenvalue weighted by molar-refractivity contribution is -0.131. The van der Waals surface area contributed by atoms with Crippen molar-refractivity contribution in [2.24, 2.45) is 0 Å². The molecule has 1 aromatic rings. The van der Waals surface area contributed by atoms with Crippen LogP contribution in [0, 0.1) is 0 Å². The predicted molar refractivity (Wildman–Crippen MR) is 105 cm³/mol. The molecule has 2 amide bonds. The maximum Gasteiger partial charge on any atom is 0.407 e. The number of nitrogens with one attached hydrogen (secondary N) is 1. The van der Waals surface area contributed by atoms with Gasteiger partial charge in [0, 0.05) is 39.1 Å². The summed E-state index contributed by atoms with van der Waals surface area (Å²) in [4.78, 5) is 28.1. The molecule has 0 aliphatic carbocycles. The van der Waals surface area contributed by atoms with Crippen LogP contribution in [0.25, 0.3) is 0 Å². The number of piperazine rings is 1. The smallest absolute Gasteiger partial charge is 0.407 e. The van der Waals surface area contributed by atoms with E-state index in [2.05, 4.69) is 10.2 Å². The van der Waals surface area contributed by atoms with Crippen molar-refractivity contribution < 1.29 is 19.1 Å². The third-order valence-corrected chi connectivity index (χ3v) is 4.29. The Kier molecular flexibility index (Phi) is 7.33. The summed E-state index contributed by atoms with van der Waals surface area (Å²) in [5.74, 6) is 0.978. The van der Waals surface area contributed by atoms with E-state index in [1.807, 2.05) is 49.9 Å². The van der Waals surface area contributed by atoms with Crippen LogP contribution in [0.4, 0.5) is 10.5 Å². The van der Waals surface area contributed by atoms with E-state index in [0.29, 0.717) is 32.5 Å². The fourth-order valence-corrected chi connectivity index (χ4v) is 2.99. The normalized spacial score (nSPS) is 14.7. The van der Waals surface area contributed by atoms with Crippen LogP contribution < -0.4 is 15.0 Å². The highest BCUT2D eigenvalue weighted by Crippen LogP contribution is 2.28. The standard InChI is InChI=1S/C20H31N3O4/c1-20(2,3)27-19(25)21-11-7-10-18(24)23-14-12-22(13-15-23)16-8-5-6-9-17(16)26-4/h5-6,8-9H,7,10-15H2,1-4H3,(H,21,25). The first-order valence-electron chi connectivity index (χ1n) is 9.43. The highest BCUT2D eigenvalue weighted by atomic mass is 16.6. The molecule has 27 heavy (non-hydrogen) atoms. The second-order valence-electron chi connectivity index (χ2n) is 7.57. The number of methoxy groups -OCH3 is 1. The Bertz CT molecular complexity index is 634. The third-order valence-electron chi connectivity index (χ3n) is 4.29. The van der Waals surface area contributed by atoms with E-state index < -0.39 is 11.7 Å². The van der Waals surface area contributed by atoms with E-state index in [4.69, 9.17) is 9.47 Å². The quantitative estimate of drug-likeness (QED) is 0.772. The van der Waals surface area contributed by atoms with Crippen molar-refractivity contribution >= 4 is 17.7 Å². The Morgan fingerprint density at radius 1 is 1.11 bits per heavy atom. The molecule has 1 N–H and O–H groups in total. The molecule has 2 rings (SSSR count). The van der Waals surface area contributed by atoms with Crippen molar-refractivity contribution in [2.75, 3.05) is 44.7 Å². The van der Waals surface area contributed by atoms with E-state index in [0.717, 1.165) is 24.5 Å². The van der Waals surface area contributed by atoms with Crippen LogP contribution in [-0.4, -0.2) is 62.3 Å². The summed E-state index contributed by atoms with van der Waals surface area (Å²) in [6, 6.07) is 7.93. The van der Waals surface area contributed by atoms with E-state index in [9.17, 15) is 9.59 Å². The van der Waals surface area contributed by atoms with Gasteiger partial charge in [-0.25, -0.2) is 4.79 Å². The minimum atomic E-state index is -0.513. The van der Waals surface area contributed by atoms with Gasteiger partial charge < -0.3 is 24.6 Å². The Hall–Kier alpha value is -2.44. The van der Waals surface area contributed by atoms with Crippen molar-refractivity contribution in [1.82, 2.24) is 10.2 Å². The number of hydrogen-bond acceptors (Lipinski definition) is 5. The first-order chi connectivity index (χ1) is 12.8. The molecule has 1 fully saturated rings. The number of para-hydroxylation sites is 2. The first kappa shape index (κ1) is 20.9. The minimum Gasteiger partial charge on any atom is -0.495 e. The summed E-state index contributed by atoms with van der Waals surface area (Å²) in [6.07, 6.45) is 0.579. The summed E-state index contributed by atoms with van der Waals surface area (Å²) in [5, 5.41) is 2.68. The van der Waals surface area contributed by atoms with Gasteiger partial charge >= 0.3 is 6.09 Å². The summed E-state index contributed by atoms with van der Waals surface area (Å²) in [5.41, 5.74) is 0.551. The second kappa shape index (κ2) is 9.48. The maximum atomic E-state index is 12.4. The molecule has 0 unspecified atom stereocenters. The van der Waals surface area contributed by atoms with Crippen molar-refractivity contribution in [2.45, 2.75) is 39.2 Å². The Labute approximate surface area is 161 Å². The largest absolute Gasteiger partial charge is 0.495 e. The van der Waals surface area contributed by atoms with E-state index >= 15 is 0 Å². The molecule has 0 bridgehead atoms. The number of anilines is 1. The van der Waals surface area contributed by atoms with Crippen LogP contribution >= 0.6 is 0 Å². The number of carbonyl (C=O) groups excluding carboxylic acids is 2. The van der Waals surface area contributed by atoms with Gasteiger partial charge in [-0.1, -0.05) is 12.1 Å². The number of rotatable bonds is 6. The summed E-state index contributed by atoms with van der Waals surface area (Å²) in [6.45, 7) is 8.83. The van der Waals surface area contributed by atoms with E-state index in [-0.39, 0.29) is 5.91 Å². The lowest BCUT2D eigenvalue weighted by atomic mass is 10.2. The van der Waals surface area contributed by atoms with Gasteiger partial charge in [0.15, 0.2) is 0 Å². The first-order valence-corrected chi connectivity index (χ1v) is 9.43. The monoisotopic (exact) mass is 377 g/mol. The van der Waals surface area contributed by atoms with Gasteiger partial charge in [0.2, 0.25) is 5.91 Å². The number of benzene rings is 1. The molecule has 1 aromatic carbocycles. The number of ether oxygens (including phenoxy) is 2. The van der Waals surface area contributed by atoms with Gasteiger partial charge in [-0.15, -0.1) is 0 Å². The molecule has 0 aromatic heterocycles. The minimum absolute atomic E-state index is 0.126. The van der Waals surface area contributed by atoms with Crippen LogP contribution in [0.5, 0.6) is 5.75 Å². The maximum absolute atomic E-state index is 12.4. The van der Waals surface area contributed by atoms with Gasteiger partial charge in [0.1, 0.15) is 11.4 Å². The number of amides is 2. The fourth-order valence-electron chi connectivity index (χ4n) is 2.99. The van der Waals surface area contributed by atoms with Crippen molar-refractivity contribution in [3.05, 3.63) is 24.3 Å². The van der Waals surface area contributed by atoms with Gasteiger partial charge in [-0.05, 0) is 39.3 Å². The molecule has 1 saturated heterocycles. The molecule has 0 radical (unpaired) electrons. The zero-order valence-corrected chi connectivity index (χ0v) is 16.8. The highest BCUT2D eigenvalue weighted by Gasteiger charge is 2.22. The number of carbonyl (C=O) groups is 2. The van der Waals surface area contributed by atoms with Gasteiger partial charge in [0.25, 0.3) is 0 Å². The third kappa shape index (κ3) is 6.66. The van der Waals surface area contributed by atoms with Gasteiger partial charge in [-0.2, -0.15) is 0 Å². The van der Waals surface area contributed by atoms with Crippen LogP contribution in [-0.2, 0) is 9.53 Å². The molecule has 7 heteroatoms. The molecule has 1 aliphatic rings. The predicted octanol–water partition coefficient (Wildman–Crippen LogP) is 2.65. The van der Waals surface area contributed by atoms with E-state index in [1.54, 1.807) is 7.11 Å². The number of nitrogens with zero attached hydrogens (tertiary/aromatic N) is 2.